The summed E-state index contributed by atoms with van der Waals surface area (Å²) in [6.07, 6.45) is 4.72. The van der Waals surface area contributed by atoms with Crippen LogP contribution in [0.4, 0.5) is 0 Å². The average Bonchev–Trinajstić information content (AvgIpc) is 3.06. The third-order valence-corrected chi connectivity index (χ3v) is 2.75. The molecule has 0 aliphatic rings. The second-order valence-electron chi connectivity index (χ2n) is 3.78. The summed E-state index contributed by atoms with van der Waals surface area (Å²) >= 11 is 0. The number of aromatic nitrogens is 2. The third kappa shape index (κ3) is 3.60. The van der Waals surface area contributed by atoms with Gasteiger partial charge in [-0.3, -0.25) is 4.79 Å². The Bertz CT molecular complexity index is 453. The number of aliphatic hydroxyl groups excluding tert-OH is 1. The Morgan fingerprint density at radius 1 is 1.11 bits per heavy atom. The minimum Gasteiger partial charge on any atom is -0.390 e. The summed E-state index contributed by atoms with van der Waals surface area (Å²) in [6, 6.07) is 7.53. The molecule has 98 valence electrons. The first-order chi connectivity index (χ1) is 8.76. The minimum absolute atomic E-state index is 0.140. The van der Waals surface area contributed by atoms with E-state index in [1.807, 2.05) is 46.7 Å². The Balaban J connectivity index is 0.000000180. The third-order valence-electron chi connectivity index (χ3n) is 2.75. The van der Waals surface area contributed by atoms with Crippen molar-refractivity contribution in [3.8, 4) is 0 Å². The van der Waals surface area contributed by atoms with Gasteiger partial charge in [0.05, 0.1) is 12.3 Å². The molecule has 0 aliphatic heterocycles. The topological polar surface area (TPSA) is 47.2 Å². The number of hydrogen-bond donors (Lipinski definition) is 1. The summed E-state index contributed by atoms with van der Waals surface area (Å²) in [7, 11) is 0. The van der Waals surface area contributed by atoms with Gasteiger partial charge in [0.25, 0.3) is 0 Å². The quantitative estimate of drug-likeness (QED) is 0.844. The van der Waals surface area contributed by atoms with Gasteiger partial charge in [0, 0.05) is 31.2 Å². The van der Waals surface area contributed by atoms with Crippen LogP contribution in [0.2, 0.25) is 0 Å². The lowest BCUT2D eigenvalue weighted by atomic mass is 10.4. The molecule has 2 rings (SSSR count). The molecule has 2 heterocycles. The van der Waals surface area contributed by atoms with Crippen molar-refractivity contribution in [2.45, 2.75) is 33.5 Å². The van der Waals surface area contributed by atoms with Gasteiger partial charge in [0.1, 0.15) is 0 Å². The van der Waals surface area contributed by atoms with Crippen LogP contribution in [0.25, 0.3) is 0 Å². The van der Waals surface area contributed by atoms with Gasteiger partial charge >= 0.3 is 0 Å². The van der Waals surface area contributed by atoms with Crippen LogP contribution < -0.4 is 0 Å². The summed E-state index contributed by atoms with van der Waals surface area (Å²) < 4.78 is 3.91. The average molecular weight is 248 g/mol. The van der Waals surface area contributed by atoms with Crippen LogP contribution in [0.5, 0.6) is 0 Å². The number of nitrogens with zero attached hydrogens (tertiary/aromatic N) is 2. The Labute approximate surface area is 107 Å². The molecule has 0 aliphatic carbocycles. The van der Waals surface area contributed by atoms with Crippen LogP contribution in [0.1, 0.15) is 30.0 Å². The number of aryl methyl sites for hydroxylation is 2. The molecule has 0 radical (unpaired) electrons. The molecule has 0 bridgehead atoms. The highest BCUT2D eigenvalue weighted by molar-refractivity contribution is 5.72. The smallest absolute Gasteiger partial charge is 0.166 e. The second-order valence-corrected chi connectivity index (χ2v) is 3.78. The van der Waals surface area contributed by atoms with Gasteiger partial charge in [-0.05, 0) is 38.1 Å². The largest absolute Gasteiger partial charge is 0.390 e. The minimum atomic E-state index is 0.140. The van der Waals surface area contributed by atoms with Gasteiger partial charge in [0.2, 0.25) is 0 Å². The summed E-state index contributed by atoms with van der Waals surface area (Å²) in [6.45, 7) is 6.00. The lowest BCUT2D eigenvalue weighted by Gasteiger charge is -2.00. The van der Waals surface area contributed by atoms with Crippen LogP contribution in [0, 0.1) is 0 Å². The number of carbonyl (C=O) groups is 1. The summed E-state index contributed by atoms with van der Waals surface area (Å²) in [4.78, 5) is 10.2. The van der Waals surface area contributed by atoms with Gasteiger partial charge in [-0.2, -0.15) is 0 Å². The molecule has 1 N–H and O–H groups in total. The molecule has 0 fully saturated rings. The van der Waals surface area contributed by atoms with Crippen molar-refractivity contribution >= 4 is 6.29 Å². The van der Waals surface area contributed by atoms with Crippen molar-refractivity contribution in [1.82, 2.24) is 9.13 Å². The molecule has 0 amide bonds. The van der Waals surface area contributed by atoms with Crippen molar-refractivity contribution < 1.29 is 9.90 Å². The molecule has 18 heavy (non-hydrogen) atoms. The molecule has 0 spiro atoms. The van der Waals surface area contributed by atoms with Gasteiger partial charge in [-0.25, -0.2) is 0 Å². The van der Waals surface area contributed by atoms with E-state index in [4.69, 9.17) is 5.11 Å². The van der Waals surface area contributed by atoms with E-state index in [0.717, 1.165) is 30.8 Å². The fraction of sp³-hybridized carbons (Fsp3) is 0.357. The highest BCUT2D eigenvalue weighted by atomic mass is 16.3. The summed E-state index contributed by atoms with van der Waals surface area (Å²) in [5, 5.41) is 8.72. The van der Waals surface area contributed by atoms with E-state index in [-0.39, 0.29) is 6.61 Å². The maximum absolute atomic E-state index is 10.2. The fourth-order valence-electron chi connectivity index (χ4n) is 1.72. The summed E-state index contributed by atoms with van der Waals surface area (Å²) in [5.74, 6) is 0. The van der Waals surface area contributed by atoms with Gasteiger partial charge in [-0.1, -0.05) is 0 Å². The SMILES string of the molecule is CCn1cccc1C=O.CCn1cccc1CO. The zero-order valence-corrected chi connectivity index (χ0v) is 10.9. The molecule has 4 heteroatoms. The van der Waals surface area contributed by atoms with Gasteiger partial charge in [0.15, 0.2) is 6.29 Å². The normalized spacial score (nSPS) is 9.72. The van der Waals surface area contributed by atoms with Crippen molar-refractivity contribution in [3.63, 3.8) is 0 Å². The first kappa shape index (κ1) is 14.3. The number of aliphatic hydroxyl groups is 1. The molecule has 0 saturated carbocycles. The van der Waals surface area contributed by atoms with E-state index in [2.05, 4.69) is 6.92 Å². The zero-order chi connectivity index (χ0) is 13.4. The predicted molar refractivity (Wildman–Crippen MR) is 71.5 cm³/mol. The highest BCUT2D eigenvalue weighted by Gasteiger charge is 1.93. The molecule has 0 aromatic carbocycles. The van der Waals surface area contributed by atoms with Crippen molar-refractivity contribution in [2.75, 3.05) is 0 Å². The Hall–Kier alpha value is -1.81. The van der Waals surface area contributed by atoms with Crippen LogP contribution in [0.3, 0.4) is 0 Å². The highest BCUT2D eigenvalue weighted by Crippen LogP contribution is 2.00. The standard InChI is InChI=1S/C7H11NO.C7H9NO/c2*1-2-8-5-3-4-7(8)6-9/h3-5,9H,2,6H2,1H3;3-6H,2H2,1H3. The van der Waals surface area contributed by atoms with E-state index in [0.29, 0.717) is 0 Å². The van der Waals surface area contributed by atoms with E-state index in [9.17, 15) is 4.79 Å². The molecule has 0 saturated heterocycles. The lowest BCUT2D eigenvalue weighted by Crippen LogP contribution is -1.97. The van der Waals surface area contributed by atoms with Gasteiger partial charge in [-0.15, -0.1) is 0 Å². The molecular weight excluding hydrogens is 228 g/mol. The molecule has 2 aromatic rings. The van der Waals surface area contributed by atoms with E-state index >= 15 is 0 Å². The number of hydrogen-bond acceptors (Lipinski definition) is 2. The van der Waals surface area contributed by atoms with E-state index < -0.39 is 0 Å². The molecule has 4 nitrogen and oxygen atoms in total. The number of aldehydes is 1. The van der Waals surface area contributed by atoms with Crippen molar-refractivity contribution in [1.29, 1.82) is 0 Å². The van der Waals surface area contributed by atoms with Crippen molar-refractivity contribution in [3.05, 3.63) is 48.0 Å². The van der Waals surface area contributed by atoms with Crippen LogP contribution in [-0.2, 0) is 19.7 Å². The first-order valence-electron chi connectivity index (χ1n) is 6.12. The van der Waals surface area contributed by atoms with E-state index in [1.165, 1.54) is 0 Å². The molecular formula is C14H20N2O2. The zero-order valence-electron chi connectivity index (χ0n) is 10.9. The van der Waals surface area contributed by atoms with Crippen LogP contribution in [-0.4, -0.2) is 20.5 Å². The van der Waals surface area contributed by atoms with E-state index in [1.54, 1.807) is 6.07 Å². The lowest BCUT2D eigenvalue weighted by molar-refractivity contribution is 0.111. The Morgan fingerprint density at radius 2 is 1.72 bits per heavy atom. The molecule has 2 aromatic heterocycles. The maximum Gasteiger partial charge on any atom is 0.166 e. The van der Waals surface area contributed by atoms with Gasteiger partial charge < -0.3 is 14.2 Å². The fourth-order valence-corrected chi connectivity index (χ4v) is 1.72. The number of rotatable bonds is 4. The summed E-state index contributed by atoms with van der Waals surface area (Å²) in [5.41, 5.74) is 1.73. The maximum atomic E-state index is 10.2. The molecule has 0 atom stereocenters. The first-order valence-corrected chi connectivity index (χ1v) is 6.12. The number of carbonyl (C=O) groups excluding carboxylic acids is 1. The van der Waals surface area contributed by atoms with Crippen molar-refractivity contribution in [2.24, 2.45) is 0 Å². The van der Waals surface area contributed by atoms with Crippen LogP contribution >= 0.6 is 0 Å². The monoisotopic (exact) mass is 248 g/mol. The second kappa shape index (κ2) is 7.50. The van der Waals surface area contributed by atoms with Crippen LogP contribution in [0.15, 0.2) is 36.7 Å². The molecule has 0 unspecified atom stereocenters. The predicted octanol–water partition coefficient (Wildman–Crippen LogP) is 2.32. The Kier molecular flexibility index (Phi) is 5.94. The Morgan fingerprint density at radius 3 is 2.17 bits per heavy atom.